The Morgan fingerprint density at radius 3 is 2.50 bits per heavy atom. The van der Waals surface area contributed by atoms with E-state index in [1.807, 2.05) is 6.92 Å². The Kier molecular flexibility index (Phi) is 4.80. The lowest BCUT2D eigenvalue weighted by Crippen LogP contribution is -2.49. The van der Waals surface area contributed by atoms with Crippen molar-refractivity contribution >= 4 is 17.7 Å². The molecule has 1 saturated heterocycles. The molecule has 2 rings (SSSR count). The van der Waals surface area contributed by atoms with E-state index in [1.165, 1.54) is 0 Å². The molecule has 118 valence electrons. The zero-order chi connectivity index (χ0) is 16.3. The van der Waals surface area contributed by atoms with E-state index in [1.54, 1.807) is 29.2 Å². The van der Waals surface area contributed by atoms with Crippen LogP contribution in [0.2, 0.25) is 0 Å². The van der Waals surface area contributed by atoms with Gasteiger partial charge in [-0.2, -0.15) is 0 Å². The zero-order valence-corrected chi connectivity index (χ0v) is 12.6. The number of carbonyl (C=O) groups excluding carboxylic acids is 3. The highest BCUT2D eigenvalue weighted by atomic mass is 16.2. The van der Waals surface area contributed by atoms with Gasteiger partial charge in [0, 0.05) is 18.2 Å². The van der Waals surface area contributed by atoms with Crippen molar-refractivity contribution in [3.8, 4) is 0 Å². The molecule has 0 radical (unpaired) electrons. The second-order valence-electron chi connectivity index (χ2n) is 5.77. The van der Waals surface area contributed by atoms with Gasteiger partial charge in [-0.1, -0.05) is 18.2 Å². The molecule has 1 fully saturated rings. The highest BCUT2D eigenvalue weighted by Crippen LogP contribution is 2.23. The summed E-state index contributed by atoms with van der Waals surface area (Å²) in [5.41, 5.74) is 11.6. The molecule has 1 aromatic rings. The lowest BCUT2D eigenvalue weighted by molar-refractivity contribution is -0.136. The molecule has 22 heavy (non-hydrogen) atoms. The van der Waals surface area contributed by atoms with Gasteiger partial charge in [0.2, 0.25) is 17.7 Å². The summed E-state index contributed by atoms with van der Waals surface area (Å²) in [5.74, 6) is -1.34. The maximum absolute atomic E-state index is 12.5. The summed E-state index contributed by atoms with van der Waals surface area (Å²) < 4.78 is 0. The second kappa shape index (κ2) is 6.60. The van der Waals surface area contributed by atoms with Crippen molar-refractivity contribution in [2.75, 3.05) is 6.54 Å². The van der Waals surface area contributed by atoms with Gasteiger partial charge in [0.25, 0.3) is 0 Å². The van der Waals surface area contributed by atoms with Crippen molar-refractivity contribution < 1.29 is 14.4 Å². The number of amides is 3. The molecule has 2 unspecified atom stereocenters. The van der Waals surface area contributed by atoms with Crippen LogP contribution in [-0.2, 0) is 16.0 Å². The monoisotopic (exact) mass is 303 g/mol. The fraction of sp³-hybridized carbons (Fsp3) is 0.438. The van der Waals surface area contributed by atoms with Gasteiger partial charge in [0.1, 0.15) is 0 Å². The van der Waals surface area contributed by atoms with Crippen LogP contribution in [0.3, 0.4) is 0 Å². The molecular weight excluding hydrogens is 282 g/mol. The van der Waals surface area contributed by atoms with E-state index in [-0.39, 0.29) is 30.2 Å². The van der Waals surface area contributed by atoms with E-state index < -0.39 is 5.91 Å². The first-order chi connectivity index (χ1) is 10.4. The standard InChI is InChI=1S/C16H21N3O3/c1-10-6-7-12(15(17)21)9-19(10)14(20)8-11-4-2-3-5-13(11)16(18)22/h2-5,10,12H,6-9H2,1H3,(H2,17,21)(H2,18,22). The van der Waals surface area contributed by atoms with Crippen molar-refractivity contribution in [3.63, 3.8) is 0 Å². The van der Waals surface area contributed by atoms with E-state index in [9.17, 15) is 14.4 Å². The molecule has 1 aliphatic heterocycles. The molecule has 0 aromatic heterocycles. The first-order valence-electron chi connectivity index (χ1n) is 7.36. The van der Waals surface area contributed by atoms with E-state index >= 15 is 0 Å². The molecule has 4 N–H and O–H groups in total. The molecule has 0 spiro atoms. The zero-order valence-electron chi connectivity index (χ0n) is 12.6. The summed E-state index contributed by atoms with van der Waals surface area (Å²) in [7, 11) is 0. The summed E-state index contributed by atoms with van der Waals surface area (Å²) in [6.07, 6.45) is 1.55. The van der Waals surface area contributed by atoms with E-state index in [0.29, 0.717) is 24.1 Å². The molecular formula is C16H21N3O3. The van der Waals surface area contributed by atoms with Crippen LogP contribution in [0.1, 0.15) is 35.7 Å². The number of primary amides is 2. The van der Waals surface area contributed by atoms with E-state index in [0.717, 1.165) is 6.42 Å². The van der Waals surface area contributed by atoms with Gasteiger partial charge >= 0.3 is 0 Å². The van der Waals surface area contributed by atoms with Gasteiger partial charge in [-0.3, -0.25) is 14.4 Å². The molecule has 0 saturated carbocycles. The Hall–Kier alpha value is -2.37. The third kappa shape index (κ3) is 3.44. The van der Waals surface area contributed by atoms with Gasteiger partial charge in [-0.15, -0.1) is 0 Å². The van der Waals surface area contributed by atoms with Gasteiger partial charge in [0.05, 0.1) is 12.3 Å². The van der Waals surface area contributed by atoms with Crippen LogP contribution in [0, 0.1) is 5.92 Å². The normalized spacial score (nSPS) is 21.4. The lowest BCUT2D eigenvalue weighted by Gasteiger charge is -2.37. The Morgan fingerprint density at radius 2 is 1.86 bits per heavy atom. The summed E-state index contributed by atoms with van der Waals surface area (Å²) in [5, 5.41) is 0. The van der Waals surface area contributed by atoms with Gasteiger partial charge < -0.3 is 16.4 Å². The third-order valence-corrected chi connectivity index (χ3v) is 4.23. The average molecular weight is 303 g/mol. The van der Waals surface area contributed by atoms with Crippen LogP contribution in [0.5, 0.6) is 0 Å². The van der Waals surface area contributed by atoms with Crippen LogP contribution in [0.4, 0.5) is 0 Å². The molecule has 2 atom stereocenters. The maximum atomic E-state index is 12.5. The van der Waals surface area contributed by atoms with Crippen LogP contribution in [-0.4, -0.2) is 35.2 Å². The highest BCUT2D eigenvalue weighted by Gasteiger charge is 2.31. The molecule has 3 amide bonds. The molecule has 1 aromatic carbocycles. The van der Waals surface area contributed by atoms with Crippen molar-refractivity contribution in [1.29, 1.82) is 0 Å². The maximum Gasteiger partial charge on any atom is 0.248 e. The predicted octanol–water partition coefficient (Wildman–Crippen LogP) is 0.440. The van der Waals surface area contributed by atoms with Gasteiger partial charge in [-0.05, 0) is 31.4 Å². The van der Waals surface area contributed by atoms with E-state index in [2.05, 4.69) is 0 Å². The first-order valence-corrected chi connectivity index (χ1v) is 7.36. The Morgan fingerprint density at radius 1 is 1.18 bits per heavy atom. The molecule has 6 heteroatoms. The summed E-state index contributed by atoms with van der Waals surface area (Å²) in [6, 6.07) is 6.86. The van der Waals surface area contributed by atoms with Crippen molar-refractivity contribution in [3.05, 3.63) is 35.4 Å². The Balaban J connectivity index is 2.14. The molecule has 1 aliphatic rings. The summed E-state index contributed by atoms with van der Waals surface area (Å²) >= 11 is 0. The highest BCUT2D eigenvalue weighted by molar-refractivity contribution is 5.95. The SMILES string of the molecule is CC1CCC(C(N)=O)CN1C(=O)Cc1ccccc1C(N)=O. The lowest BCUT2D eigenvalue weighted by atomic mass is 9.92. The number of benzene rings is 1. The van der Waals surface area contributed by atoms with Crippen LogP contribution < -0.4 is 11.5 Å². The number of hydrogen-bond acceptors (Lipinski definition) is 3. The average Bonchev–Trinajstić information content (AvgIpc) is 2.47. The number of rotatable bonds is 4. The smallest absolute Gasteiger partial charge is 0.248 e. The number of piperidine rings is 1. The number of likely N-dealkylation sites (tertiary alicyclic amines) is 1. The first kappa shape index (κ1) is 16.0. The van der Waals surface area contributed by atoms with Crippen LogP contribution in [0.25, 0.3) is 0 Å². The molecule has 1 heterocycles. The molecule has 0 aliphatic carbocycles. The number of hydrogen-bond donors (Lipinski definition) is 2. The second-order valence-corrected chi connectivity index (χ2v) is 5.77. The minimum atomic E-state index is -0.551. The van der Waals surface area contributed by atoms with Crippen molar-refractivity contribution in [1.82, 2.24) is 4.90 Å². The molecule has 0 bridgehead atoms. The van der Waals surface area contributed by atoms with Gasteiger partial charge in [0.15, 0.2) is 0 Å². The fourth-order valence-electron chi connectivity index (χ4n) is 2.87. The third-order valence-electron chi connectivity index (χ3n) is 4.23. The Labute approximate surface area is 129 Å². The predicted molar refractivity (Wildman–Crippen MR) is 81.8 cm³/mol. The van der Waals surface area contributed by atoms with Crippen LogP contribution in [0.15, 0.2) is 24.3 Å². The largest absolute Gasteiger partial charge is 0.369 e. The minimum absolute atomic E-state index is 0.0591. The quantitative estimate of drug-likeness (QED) is 0.842. The summed E-state index contributed by atoms with van der Waals surface area (Å²) in [6.45, 7) is 2.29. The molecule has 6 nitrogen and oxygen atoms in total. The van der Waals surface area contributed by atoms with Crippen LogP contribution >= 0.6 is 0 Å². The van der Waals surface area contributed by atoms with E-state index in [4.69, 9.17) is 11.5 Å². The fourth-order valence-corrected chi connectivity index (χ4v) is 2.87. The number of nitrogens with zero attached hydrogens (tertiary/aromatic N) is 1. The van der Waals surface area contributed by atoms with Crippen molar-refractivity contribution in [2.45, 2.75) is 32.2 Å². The Bertz CT molecular complexity index is 600. The topological polar surface area (TPSA) is 106 Å². The minimum Gasteiger partial charge on any atom is -0.369 e. The number of carbonyl (C=O) groups is 3. The van der Waals surface area contributed by atoms with Gasteiger partial charge in [-0.25, -0.2) is 0 Å². The number of nitrogens with two attached hydrogens (primary N) is 2. The van der Waals surface area contributed by atoms with Crippen molar-refractivity contribution in [2.24, 2.45) is 17.4 Å². The summed E-state index contributed by atoms with van der Waals surface area (Å²) in [4.78, 5) is 37.0.